The van der Waals surface area contributed by atoms with Crippen LogP contribution in [0.2, 0.25) is 0 Å². The first kappa shape index (κ1) is 18.1. The molecule has 0 radical (unpaired) electrons. The SMILES string of the molecule is C=C(NCCCS(=O)(=O)O)OCC(O)C1OC(=O)C(O)=C1O. The smallest absolute Gasteiger partial charge is 0.377 e. The predicted molar refractivity (Wildman–Crippen MR) is 72.3 cm³/mol. The fourth-order valence-corrected chi connectivity index (χ4v) is 2.04. The van der Waals surface area contributed by atoms with Crippen LogP contribution < -0.4 is 5.32 Å². The van der Waals surface area contributed by atoms with E-state index in [9.17, 15) is 23.4 Å². The highest BCUT2D eigenvalue weighted by molar-refractivity contribution is 7.85. The first-order valence-corrected chi connectivity index (χ1v) is 7.74. The topological polar surface area (TPSA) is 163 Å². The lowest BCUT2D eigenvalue weighted by molar-refractivity contribution is -0.148. The molecule has 0 saturated heterocycles. The number of cyclic esters (lactones) is 1. The van der Waals surface area contributed by atoms with Gasteiger partial charge in [-0.3, -0.25) is 4.55 Å². The number of esters is 1. The van der Waals surface area contributed by atoms with Gasteiger partial charge in [0.1, 0.15) is 12.7 Å². The van der Waals surface area contributed by atoms with Crippen LogP contribution in [0, 0.1) is 0 Å². The van der Waals surface area contributed by atoms with E-state index < -0.39 is 52.2 Å². The fourth-order valence-electron chi connectivity index (χ4n) is 1.53. The van der Waals surface area contributed by atoms with Gasteiger partial charge in [-0.25, -0.2) is 4.79 Å². The predicted octanol–water partition coefficient (Wildman–Crippen LogP) is -1.04. The second-order valence-electron chi connectivity index (χ2n) is 4.43. The van der Waals surface area contributed by atoms with Gasteiger partial charge >= 0.3 is 5.97 Å². The molecule has 1 aliphatic rings. The highest BCUT2D eigenvalue weighted by Gasteiger charge is 2.39. The monoisotopic (exact) mass is 339 g/mol. The van der Waals surface area contributed by atoms with Gasteiger partial charge in [-0.2, -0.15) is 8.42 Å². The van der Waals surface area contributed by atoms with Gasteiger partial charge in [0.2, 0.25) is 5.76 Å². The number of rotatable bonds is 9. The van der Waals surface area contributed by atoms with Crippen molar-refractivity contribution in [2.75, 3.05) is 18.9 Å². The summed E-state index contributed by atoms with van der Waals surface area (Å²) in [6.45, 7) is 3.20. The van der Waals surface area contributed by atoms with Crippen molar-refractivity contribution in [3.05, 3.63) is 24.0 Å². The van der Waals surface area contributed by atoms with E-state index in [0.717, 1.165) is 0 Å². The van der Waals surface area contributed by atoms with Crippen molar-refractivity contribution < 1.29 is 42.6 Å². The minimum Gasteiger partial charge on any atom is -0.505 e. The van der Waals surface area contributed by atoms with Crippen LogP contribution in [0.3, 0.4) is 0 Å². The van der Waals surface area contributed by atoms with Gasteiger partial charge in [0, 0.05) is 6.54 Å². The van der Waals surface area contributed by atoms with Crippen molar-refractivity contribution in [1.29, 1.82) is 0 Å². The van der Waals surface area contributed by atoms with E-state index in [1.54, 1.807) is 0 Å². The van der Waals surface area contributed by atoms with Crippen molar-refractivity contribution >= 4 is 16.1 Å². The molecule has 0 spiro atoms. The quantitative estimate of drug-likeness (QED) is 0.152. The third kappa shape index (κ3) is 5.42. The molecule has 22 heavy (non-hydrogen) atoms. The van der Waals surface area contributed by atoms with Gasteiger partial charge in [0.25, 0.3) is 10.1 Å². The average molecular weight is 339 g/mol. The summed E-state index contributed by atoms with van der Waals surface area (Å²) in [4.78, 5) is 11.0. The summed E-state index contributed by atoms with van der Waals surface area (Å²) in [5, 5.41) is 30.7. The van der Waals surface area contributed by atoms with E-state index in [2.05, 4.69) is 16.6 Å². The maximum Gasteiger partial charge on any atom is 0.377 e. The Hall–Kier alpha value is -1.98. The summed E-state index contributed by atoms with van der Waals surface area (Å²) < 4.78 is 39.0. The molecule has 1 aliphatic heterocycles. The number of aliphatic hydroxyl groups is 3. The van der Waals surface area contributed by atoms with Crippen LogP contribution in [-0.2, 0) is 24.4 Å². The average Bonchev–Trinajstić information content (AvgIpc) is 2.67. The highest BCUT2D eigenvalue weighted by atomic mass is 32.2. The highest BCUT2D eigenvalue weighted by Crippen LogP contribution is 2.21. The molecule has 0 aromatic carbocycles. The van der Waals surface area contributed by atoms with Crippen LogP contribution in [0.4, 0.5) is 0 Å². The van der Waals surface area contributed by atoms with Crippen molar-refractivity contribution in [3.63, 3.8) is 0 Å². The molecule has 1 heterocycles. The number of hydrogen-bond acceptors (Lipinski definition) is 9. The normalized spacial score (nSPS) is 19.7. The van der Waals surface area contributed by atoms with Crippen LogP contribution in [0.5, 0.6) is 0 Å². The van der Waals surface area contributed by atoms with Gasteiger partial charge in [-0.05, 0) is 13.0 Å². The molecule has 126 valence electrons. The molecular formula is C11H17NO9S. The minimum atomic E-state index is -4.03. The molecular weight excluding hydrogens is 322 g/mol. The molecule has 0 bridgehead atoms. The Labute approximate surface area is 126 Å². The summed E-state index contributed by atoms with van der Waals surface area (Å²) in [6, 6.07) is 0. The Kier molecular flexibility index (Phi) is 6.02. The van der Waals surface area contributed by atoms with Crippen LogP contribution in [0.15, 0.2) is 24.0 Å². The summed E-state index contributed by atoms with van der Waals surface area (Å²) in [6.07, 6.45) is -2.76. The molecule has 0 fully saturated rings. The first-order chi connectivity index (χ1) is 10.1. The van der Waals surface area contributed by atoms with E-state index in [0.29, 0.717) is 0 Å². The van der Waals surface area contributed by atoms with E-state index in [-0.39, 0.29) is 18.8 Å². The van der Waals surface area contributed by atoms with Crippen molar-refractivity contribution in [1.82, 2.24) is 5.32 Å². The zero-order chi connectivity index (χ0) is 16.9. The number of hydrogen-bond donors (Lipinski definition) is 5. The molecule has 11 heteroatoms. The lowest BCUT2D eigenvalue weighted by Gasteiger charge is -2.19. The first-order valence-electron chi connectivity index (χ1n) is 6.13. The minimum absolute atomic E-state index is 0.00593. The number of nitrogens with one attached hydrogen (secondary N) is 1. The number of ether oxygens (including phenoxy) is 2. The lowest BCUT2D eigenvalue weighted by Crippen LogP contribution is -2.33. The fraction of sp³-hybridized carbons (Fsp3) is 0.545. The van der Waals surface area contributed by atoms with E-state index >= 15 is 0 Å². The van der Waals surface area contributed by atoms with Gasteiger partial charge < -0.3 is 30.1 Å². The zero-order valence-corrected chi connectivity index (χ0v) is 12.2. The zero-order valence-electron chi connectivity index (χ0n) is 11.4. The molecule has 0 amide bonds. The Morgan fingerprint density at radius 1 is 1.45 bits per heavy atom. The van der Waals surface area contributed by atoms with E-state index in [4.69, 9.17) is 14.4 Å². The molecule has 0 aromatic heterocycles. The number of carbonyl (C=O) groups is 1. The summed E-state index contributed by atoms with van der Waals surface area (Å²) in [5.41, 5.74) is 0. The van der Waals surface area contributed by atoms with Crippen molar-refractivity contribution in [2.24, 2.45) is 0 Å². The summed E-state index contributed by atoms with van der Waals surface area (Å²) in [5.74, 6) is -3.32. The molecule has 0 aromatic rings. The Balaban J connectivity index is 2.28. The maximum absolute atomic E-state index is 11.0. The largest absolute Gasteiger partial charge is 0.505 e. The number of aliphatic hydroxyl groups excluding tert-OH is 3. The van der Waals surface area contributed by atoms with Crippen LogP contribution >= 0.6 is 0 Å². The maximum atomic E-state index is 11.0. The standard InChI is InChI=1S/C11H17NO9S/c1-6(12-3-2-4-22(17,18)19)20-5-7(13)10-8(14)9(15)11(16)21-10/h7,10,12-15H,1-5H2,(H,17,18,19). The van der Waals surface area contributed by atoms with Crippen molar-refractivity contribution in [2.45, 2.75) is 18.6 Å². The summed E-state index contributed by atoms with van der Waals surface area (Å²) >= 11 is 0. The van der Waals surface area contributed by atoms with Crippen LogP contribution in [0.25, 0.3) is 0 Å². The molecule has 1 rings (SSSR count). The second-order valence-corrected chi connectivity index (χ2v) is 6.00. The Bertz CT molecular complexity index is 568. The third-order valence-electron chi connectivity index (χ3n) is 2.62. The molecule has 2 unspecified atom stereocenters. The Morgan fingerprint density at radius 2 is 2.09 bits per heavy atom. The molecule has 2 atom stereocenters. The van der Waals surface area contributed by atoms with E-state index in [1.165, 1.54) is 0 Å². The number of carbonyl (C=O) groups excluding carboxylic acids is 1. The third-order valence-corrected chi connectivity index (χ3v) is 3.42. The van der Waals surface area contributed by atoms with E-state index in [1.807, 2.05) is 0 Å². The second kappa shape index (κ2) is 7.33. The van der Waals surface area contributed by atoms with Crippen molar-refractivity contribution in [3.8, 4) is 0 Å². The van der Waals surface area contributed by atoms with Gasteiger partial charge in [-0.15, -0.1) is 0 Å². The van der Waals surface area contributed by atoms with Crippen LogP contribution in [-0.4, -0.2) is 65.4 Å². The van der Waals surface area contributed by atoms with Crippen LogP contribution in [0.1, 0.15) is 6.42 Å². The van der Waals surface area contributed by atoms with Gasteiger partial charge in [0.05, 0.1) is 5.75 Å². The molecule has 10 nitrogen and oxygen atoms in total. The Morgan fingerprint density at radius 3 is 2.59 bits per heavy atom. The molecule has 5 N–H and O–H groups in total. The lowest BCUT2D eigenvalue weighted by atomic mass is 10.2. The van der Waals surface area contributed by atoms with Gasteiger partial charge in [0.15, 0.2) is 17.7 Å². The van der Waals surface area contributed by atoms with Gasteiger partial charge in [-0.1, -0.05) is 0 Å². The molecule has 0 aliphatic carbocycles. The molecule has 0 saturated carbocycles. The summed E-state index contributed by atoms with van der Waals surface area (Å²) in [7, 11) is -4.03.